The van der Waals surface area contributed by atoms with E-state index in [9.17, 15) is 13.5 Å². The maximum atomic E-state index is 12.4. The molecule has 0 radical (unpaired) electrons. The number of aromatic nitrogens is 1. The van der Waals surface area contributed by atoms with Gasteiger partial charge < -0.3 is 5.11 Å². The van der Waals surface area contributed by atoms with Crippen molar-refractivity contribution in [2.24, 2.45) is 0 Å². The van der Waals surface area contributed by atoms with Gasteiger partial charge in [-0.25, -0.2) is 18.1 Å². The Morgan fingerprint density at radius 3 is 2.67 bits per heavy atom. The number of hydrogen-bond donors (Lipinski definition) is 2. The van der Waals surface area contributed by atoms with E-state index in [0.29, 0.717) is 4.88 Å². The lowest BCUT2D eigenvalue weighted by molar-refractivity contribution is 0.285. The Kier molecular flexibility index (Phi) is 5.15. The molecule has 0 amide bonds. The number of hydrogen-bond acceptors (Lipinski definition) is 6. The quantitative estimate of drug-likeness (QED) is 0.843. The predicted octanol–water partition coefficient (Wildman–Crippen LogP) is 2.61. The molecule has 0 aliphatic carbocycles. The van der Waals surface area contributed by atoms with E-state index >= 15 is 0 Å². The van der Waals surface area contributed by atoms with Gasteiger partial charge in [-0.15, -0.1) is 22.7 Å². The minimum atomic E-state index is -3.59. The van der Waals surface area contributed by atoms with Crippen molar-refractivity contribution in [1.82, 2.24) is 9.71 Å². The van der Waals surface area contributed by atoms with Crippen LogP contribution in [0.1, 0.15) is 40.2 Å². The smallest absolute Gasteiger partial charge is 0.250 e. The van der Waals surface area contributed by atoms with Gasteiger partial charge in [-0.2, -0.15) is 0 Å². The van der Waals surface area contributed by atoms with E-state index in [-0.39, 0.29) is 16.9 Å². The van der Waals surface area contributed by atoms with Crippen LogP contribution in [0.25, 0.3) is 0 Å². The van der Waals surface area contributed by atoms with Crippen molar-refractivity contribution in [2.45, 2.75) is 44.0 Å². The molecule has 116 valence electrons. The topological polar surface area (TPSA) is 79.3 Å². The molecular weight excluding hydrogens is 328 g/mol. The van der Waals surface area contributed by atoms with E-state index in [4.69, 9.17) is 0 Å². The second-order valence-corrected chi connectivity index (χ2v) is 8.92. The summed E-state index contributed by atoms with van der Waals surface area (Å²) >= 11 is 2.61. The SMILES string of the molecule is CCc1cnc(C(C)NS(=O)(=O)c2cc(C)c(CO)s2)s1. The first-order valence-electron chi connectivity index (χ1n) is 6.54. The Morgan fingerprint density at radius 2 is 2.14 bits per heavy atom. The highest BCUT2D eigenvalue weighted by molar-refractivity contribution is 7.91. The third-order valence-corrected chi connectivity index (χ3v) is 7.59. The molecule has 2 aromatic rings. The molecule has 0 spiro atoms. The molecule has 0 saturated carbocycles. The van der Waals surface area contributed by atoms with Crippen molar-refractivity contribution in [1.29, 1.82) is 0 Å². The van der Waals surface area contributed by atoms with Crippen LogP contribution in [-0.2, 0) is 23.1 Å². The molecular formula is C13H18N2O3S3. The van der Waals surface area contributed by atoms with Crippen molar-refractivity contribution < 1.29 is 13.5 Å². The van der Waals surface area contributed by atoms with Crippen LogP contribution in [0.4, 0.5) is 0 Å². The van der Waals surface area contributed by atoms with Crippen LogP contribution in [-0.4, -0.2) is 18.5 Å². The summed E-state index contributed by atoms with van der Waals surface area (Å²) in [6.45, 7) is 5.47. The summed E-state index contributed by atoms with van der Waals surface area (Å²) in [6.07, 6.45) is 2.67. The number of aliphatic hydroxyl groups is 1. The van der Waals surface area contributed by atoms with Gasteiger partial charge >= 0.3 is 0 Å². The van der Waals surface area contributed by atoms with E-state index in [1.54, 1.807) is 26.1 Å². The Morgan fingerprint density at radius 1 is 1.43 bits per heavy atom. The van der Waals surface area contributed by atoms with Gasteiger partial charge in [0.05, 0.1) is 12.6 Å². The monoisotopic (exact) mass is 346 g/mol. The zero-order chi connectivity index (χ0) is 15.6. The number of thiophene rings is 1. The van der Waals surface area contributed by atoms with E-state index in [1.165, 1.54) is 11.3 Å². The van der Waals surface area contributed by atoms with E-state index in [1.807, 2.05) is 6.92 Å². The van der Waals surface area contributed by atoms with Crippen molar-refractivity contribution in [3.8, 4) is 0 Å². The van der Waals surface area contributed by atoms with Gasteiger partial charge in [-0.3, -0.25) is 0 Å². The van der Waals surface area contributed by atoms with Crippen molar-refractivity contribution in [2.75, 3.05) is 0 Å². The fourth-order valence-corrected chi connectivity index (χ4v) is 5.41. The molecule has 0 saturated heterocycles. The molecule has 0 aliphatic heterocycles. The normalized spacial score (nSPS) is 13.5. The Bertz CT molecular complexity index is 719. The van der Waals surface area contributed by atoms with Gasteiger partial charge in [0.1, 0.15) is 9.22 Å². The zero-order valence-corrected chi connectivity index (χ0v) is 14.5. The van der Waals surface area contributed by atoms with Crippen LogP contribution in [0.5, 0.6) is 0 Å². The minimum absolute atomic E-state index is 0.145. The number of thiazole rings is 1. The molecule has 2 rings (SSSR count). The third-order valence-electron chi connectivity index (χ3n) is 3.03. The highest BCUT2D eigenvalue weighted by atomic mass is 32.2. The first-order chi connectivity index (χ1) is 9.87. The molecule has 0 bridgehead atoms. The molecule has 2 N–H and O–H groups in total. The fraction of sp³-hybridized carbons (Fsp3) is 0.462. The standard InChI is InChI=1S/C13H18N2O3S3/c1-4-10-6-14-13(19-10)9(3)15-21(17,18)12-5-8(2)11(7-16)20-12/h5-6,9,15-16H,4,7H2,1-3H3. The van der Waals surface area contributed by atoms with Crippen molar-refractivity contribution in [3.63, 3.8) is 0 Å². The lowest BCUT2D eigenvalue weighted by Gasteiger charge is -2.10. The molecule has 1 atom stereocenters. The van der Waals surface area contributed by atoms with E-state index < -0.39 is 10.0 Å². The second-order valence-electron chi connectivity index (χ2n) is 4.69. The van der Waals surface area contributed by atoms with Gasteiger partial charge in [0.2, 0.25) is 0 Å². The lowest BCUT2D eigenvalue weighted by atomic mass is 10.3. The number of nitrogens with one attached hydrogen (secondary N) is 1. The van der Waals surface area contributed by atoms with Gasteiger partial charge in [-0.05, 0) is 31.9 Å². The zero-order valence-electron chi connectivity index (χ0n) is 12.1. The van der Waals surface area contributed by atoms with Crippen LogP contribution in [0.3, 0.4) is 0 Å². The van der Waals surface area contributed by atoms with Crippen molar-refractivity contribution >= 4 is 32.7 Å². The summed E-state index contributed by atoms with van der Waals surface area (Å²) < 4.78 is 27.6. The summed E-state index contributed by atoms with van der Waals surface area (Å²) in [4.78, 5) is 6.06. The van der Waals surface area contributed by atoms with E-state index in [2.05, 4.69) is 9.71 Å². The minimum Gasteiger partial charge on any atom is -0.391 e. The van der Waals surface area contributed by atoms with Crippen LogP contribution in [0.2, 0.25) is 0 Å². The second kappa shape index (κ2) is 6.53. The van der Waals surface area contributed by atoms with Crippen LogP contribution in [0, 0.1) is 6.92 Å². The Labute approximate surface area is 132 Å². The summed E-state index contributed by atoms with van der Waals surface area (Å²) in [7, 11) is -3.59. The summed E-state index contributed by atoms with van der Waals surface area (Å²) in [6, 6.07) is 1.21. The molecule has 21 heavy (non-hydrogen) atoms. The number of nitrogens with zero attached hydrogens (tertiary/aromatic N) is 1. The third kappa shape index (κ3) is 3.70. The molecule has 2 aromatic heterocycles. The van der Waals surface area contributed by atoms with Crippen LogP contribution in [0.15, 0.2) is 16.5 Å². The molecule has 8 heteroatoms. The predicted molar refractivity (Wildman–Crippen MR) is 85.2 cm³/mol. The van der Waals surface area contributed by atoms with Crippen molar-refractivity contribution in [3.05, 3.63) is 32.6 Å². The van der Waals surface area contributed by atoms with Gasteiger partial charge in [-0.1, -0.05) is 6.92 Å². The van der Waals surface area contributed by atoms with Gasteiger partial charge in [0.15, 0.2) is 0 Å². The Hall–Kier alpha value is -0.800. The summed E-state index contributed by atoms with van der Waals surface area (Å²) in [5.41, 5.74) is 0.790. The maximum absolute atomic E-state index is 12.4. The van der Waals surface area contributed by atoms with Crippen LogP contribution < -0.4 is 4.72 Å². The van der Waals surface area contributed by atoms with Gasteiger partial charge in [0.25, 0.3) is 10.0 Å². The van der Waals surface area contributed by atoms with Crippen LogP contribution >= 0.6 is 22.7 Å². The average Bonchev–Trinajstić information content (AvgIpc) is 3.04. The van der Waals surface area contributed by atoms with Gasteiger partial charge in [0, 0.05) is 16.0 Å². The largest absolute Gasteiger partial charge is 0.391 e. The van der Waals surface area contributed by atoms with E-state index in [0.717, 1.165) is 33.2 Å². The summed E-state index contributed by atoms with van der Waals surface area (Å²) in [5.74, 6) is 0. The highest BCUT2D eigenvalue weighted by Gasteiger charge is 2.23. The molecule has 2 heterocycles. The average molecular weight is 346 g/mol. The summed E-state index contributed by atoms with van der Waals surface area (Å²) in [5, 5.41) is 9.93. The number of aryl methyl sites for hydroxylation is 2. The fourth-order valence-electron chi connectivity index (χ4n) is 1.81. The lowest BCUT2D eigenvalue weighted by Crippen LogP contribution is -2.26. The first-order valence-corrected chi connectivity index (χ1v) is 9.66. The molecule has 1 unspecified atom stereocenters. The number of rotatable bonds is 6. The highest BCUT2D eigenvalue weighted by Crippen LogP contribution is 2.28. The number of sulfonamides is 1. The molecule has 5 nitrogen and oxygen atoms in total. The molecule has 0 aliphatic rings. The Balaban J connectivity index is 2.19. The number of aliphatic hydroxyl groups excluding tert-OH is 1. The first kappa shape index (κ1) is 16.6. The molecule has 0 fully saturated rings. The maximum Gasteiger partial charge on any atom is 0.250 e. The molecule has 0 aromatic carbocycles.